The number of benzene rings is 2. The van der Waals surface area contributed by atoms with Crippen LogP contribution in [0.4, 0.5) is 4.39 Å². The predicted octanol–water partition coefficient (Wildman–Crippen LogP) is 4.51. The van der Waals surface area contributed by atoms with Gasteiger partial charge in [0.1, 0.15) is 12.4 Å². The standard InChI is InChI=1S/C26H29FN2O3/c1-3-32-26(31)16-29-23-11-9-19(27)14-21(23)22-15-20(10-12-24(22)29)28-25(30)13-17(2)18-7-5-4-6-8-18/h4-9,11,14,17,20H,3,10,12-13,15-16H2,1-2H3,(H,28,30)/t17-,20-/m0/s1. The van der Waals surface area contributed by atoms with Crippen molar-refractivity contribution in [1.82, 2.24) is 9.88 Å². The second kappa shape index (κ2) is 9.55. The highest BCUT2D eigenvalue weighted by atomic mass is 19.1. The summed E-state index contributed by atoms with van der Waals surface area (Å²) >= 11 is 0. The van der Waals surface area contributed by atoms with Gasteiger partial charge in [0.25, 0.3) is 0 Å². The molecule has 1 aliphatic rings. The maximum atomic E-state index is 14.0. The molecule has 2 aromatic carbocycles. The van der Waals surface area contributed by atoms with Gasteiger partial charge in [0.2, 0.25) is 5.91 Å². The molecule has 0 spiro atoms. The zero-order chi connectivity index (χ0) is 22.7. The van der Waals surface area contributed by atoms with Crippen molar-refractivity contribution in [3.8, 4) is 0 Å². The van der Waals surface area contributed by atoms with E-state index < -0.39 is 0 Å². The van der Waals surface area contributed by atoms with E-state index in [1.165, 1.54) is 12.1 Å². The molecule has 5 nitrogen and oxygen atoms in total. The summed E-state index contributed by atoms with van der Waals surface area (Å²) < 4.78 is 21.1. The van der Waals surface area contributed by atoms with Crippen LogP contribution in [0.2, 0.25) is 0 Å². The highest BCUT2D eigenvalue weighted by molar-refractivity contribution is 5.87. The summed E-state index contributed by atoms with van der Waals surface area (Å²) in [5.41, 5.74) is 4.01. The summed E-state index contributed by atoms with van der Waals surface area (Å²) in [5, 5.41) is 3.98. The summed E-state index contributed by atoms with van der Waals surface area (Å²) in [4.78, 5) is 24.9. The second-order valence-electron chi connectivity index (χ2n) is 8.50. The number of nitrogens with zero attached hydrogens (tertiary/aromatic N) is 1. The molecule has 3 aromatic rings. The number of esters is 1. The van der Waals surface area contributed by atoms with Crippen molar-refractivity contribution >= 4 is 22.8 Å². The van der Waals surface area contributed by atoms with Crippen LogP contribution < -0.4 is 5.32 Å². The summed E-state index contributed by atoms with van der Waals surface area (Å²) in [6.07, 6.45) is 2.54. The largest absolute Gasteiger partial charge is 0.465 e. The van der Waals surface area contributed by atoms with Gasteiger partial charge in [-0.2, -0.15) is 0 Å². The molecule has 0 saturated heterocycles. The Kier molecular flexibility index (Phi) is 6.58. The van der Waals surface area contributed by atoms with Crippen LogP contribution in [0.5, 0.6) is 0 Å². The third-order valence-corrected chi connectivity index (χ3v) is 6.25. The van der Waals surface area contributed by atoms with Crippen LogP contribution in [0.1, 0.15) is 49.4 Å². The fourth-order valence-electron chi connectivity index (χ4n) is 4.73. The van der Waals surface area contributed by atoms with E-state index in [1.54, 1.807) is 13.0 Å². The second-order valence-corrected chi connectivity index (χ2v) is 8.50. The van der Waals surface area contributed by atoms with Crippen molar-refractivity contribution in [3.05, 3.63) is 71.2 Å². The number of carbonyl (C=O) groups excluding carboxylic acids is 2. The molecule has 1 aromatic heterocycles. The lowest BCUT2D eigenvalue weighted by molar-refractivity contribution is -0.143. The highest BCUT2D eigenvalue weighted by Gasteiger charge is 2.27. The molecular weight excluding hydrogens is 407 g/mol. The Balaban J connectivity index is 1.51. The molecule has 1 aliphatic carbocycles. The fourth-order valence-corrected chi connectivity index (χ4v) is 4.73. The minimum absolute atomic E-state index is 0.0112. The van der Waals surface area contributed by atoms with Gasteiger partial charge in [0.05, 0.1) is 6.61 Å². The number of hydrogen-bond acceptors (Lipinski definition) is 3. The summed E-state index contributed by atoms with van der Waals surface area (Å²) in [5.74, 6) is -0.453. The van der Waals surface area contributed by atoms with E-state index in [0.29, 0.717) is 25.9 Å². The number of nitrogens with one attached hydrogen (secondary N) is 1. The maximum absolute atomic E-state index is 14.0. The molecule has 0 saturated carbocycles. The Labute approximate surface area is 187 Å². The number of rotatable bonds is 7. The predicted molar refractivity (Wildman–Crippen MR) is 122 cm³/mol. The van der Waals surface area contributed by atoms with Crippen LogP contribution in [0, 0.1) is 5.82 Å². The maximum Gasteiger partial charge on any atom is 0.325 e. The summed E-state index contributed by atoms with van der Waals surface area (Å²) in [6, 6.07) is 14.7. The summed E-state index contributed by atoms with van der Waals surface area (Å²) in [7, 11) is 0. The molecule has 1 N–H and O–H groups in total. The van der Waals surface area contributed by atoms with Crippen molar-refractivity contribution in [3.63, 3.8) is 0 Å². The number of fused-ring (bicyclic) bond motifs is 3. The van der Waals surface area contributed by atoms with E-state index in [2.05, 4.69) is 12.2 Å². The number of aromatic nitrogens is 1. The molecular formula is C26H29FN2O3. The number of carbonyl (C=O) groups is 2. The Hall–Kier alpha value is -3.15. The van der Waals surface area contributed by atoms with E-state index in [4.69, 9.17) is 4.74 Å². The van der Waals surface area contributed by atoms with Crippen molar-refractivity contribution in [2.24, 2.45) is 0 Å². The van der Waals surface area contributed by atoms with E-state index in [9.17, 15) is 14.0 Å². The molecule has 1 amide bonds. The molecule has 0 bridgehead atoms. The average Bonchev–Trinajstić information content (AvgIpc) is 3.06. The highest BCUT2D eigenvalue weighted by Crippen LogP contribution is 2.33. The van der Waals surface area contributed by atoms with Crippen molar-refractivity contribution in [2.75, 3.05) is 6.61 Å². The lowest BCUT2D eigenvalue weighted by Crippen LogP contribution is -2.39. The van der Waals surface area contributed by atoms with Crippen LogP contribution in [0.25, 0.3) is 10.9 Å². The van der Waals surface area contributed by atoms with Crippen LogP contribution in [-0.4, -0.2) is 29.1 Å². The Morgan fingerprint density at radius 1 is 1.22 bits per heavy atom. The van der Waals surface area contributed by atoms with Crippen LogP contribution in [0.15, 0.2) is 48.5 Å². The molecule has 168 valence electrons. The zero-order valence-corrected chi connectivity index (χ0v) is 18.6. The molecule has 6 heteroatoms. The van der Waals surface area contributed by atoms with Gasteiger partial charge in [-0.15, -0.1) is 0 Å². The number of amides is 1. The van der Waals surface area contributed by atoms with Gasteiger partial charge in [-0.05, 0) is 61.4 Å². The van der Waals surface area contributed by atoms with Crippen molar-refractivity contribution in [1.29, 1.82) is 0 Å². The van der Waals surface area contributed by atoms with Crippen LogP contribution in [0.3, 0.4) is 0 Å². The van der Waals surface area contributed by atoms with Gasteiger partial charge in [0, 0.05) is 29.1 Å². The van der Waals surface area contributed by atoms with Gasteiger partial charge in [0.15, 0.2) is 0 Å². The van der Waals surface area contributed by atoms with Gasteiger partial charge in [-0.25, -0.2) is 4.39 Å². The van der Waals surface area contributed by atoms with E-state index >= 15 is 0 Å². The lowest BCUT2D eigenvalue weighted by atomic mass is 9.90. The van der Waals surface area contributed by atoms with Crippen LogP contribution in [-0.2, 0) is 33.7 Å². The third kappa shape index (κ3) is 4.69. The zero-order valence-electron chi connectivity index (χ0n) is 18.6. The van der Waals surface area contributed by atoms with Gasteiger partial charge in [-0.1, -0.05) is 37.3 Å². The number of ether oxygens (including phenoxy) is 1. The first-order chi connectivity index (χ1) is 15.5. The van der Waals surface area contributed by atoms with Crippen molar-refractivity contribution in [2.45, 2.75) is 58.0 Å². The molecule has 0 aliphatic heterocycles. The average molecular weight is 437 g/mol. The summed E-state index contributed by atoms with van der Waals surface area (Å²) in [6.45, 7) is 4.27. The first-order valence-corrected chi connectivity index (χ1v) is 11.3. The molecule has 0 fully saturated rings. The molecule has 0 radical (unpaired) electrons. The Morgan fingerprint density at radius 3 is 2.75 bits per heavy atom. The SMILES string of the molecule is CCOC(=O)Cn1c2c(c3cc(F)ccc31)C[C@@H](NC(=O)C[C@H](C)c1ccccc1)CC2. The lowest BCUT2D eigenvalue weighted by Gasteiger charge is -2.25. The quantitative estimate of drug-likeness (QED) is 0.555. The topological polar surface area (TPSA) is 60.3 Å². The third-order valence-electron chi connectivity index (χ3n) is 6.25. The molecule has 2 atom stereocenters. The fraction of sp³-hybridized carbons (Fsp3) is 0.385. The van der Waals surface area contributed by atoms with E-state index in [1.807, 2.05) is 34.9 Å². The Bertz CT molecular complexity index is 1120. The van der Waals surface area contributed by atoms with Gasteiger partial charge in [-0.3, -0.25) is 9.59 Å². The monoisotopic (exact) mass is 436 g/mol. The molecule has 4 rings (SSSR count). The van der Waals surface area contributed by atoms with Crippen LogP contribution >= 0.6 is 0 Å². The molecule has 32 heavy (non-hydrogen) atoms. The van der Waals surface area contributed by atoms with E-state index in [0.717, 1.165) is 34.1 Å². The first-order valence-electron chi connectivity index (χ1n) is 11.3. The molecule has 0 unspecified atom stereocenters. The minimum Gasteiger partial charge on any atom is -0.465 e. The normalized spacial score (nSPS) is 16.4. The van der Waals surface area contributed by atoms with E-state index in [-0.39, 0.29) is 36.2 Å². The van der Waals surface area contributed by atoms with Gasteiger partial charge < -0.3 is 14.6 Å². The number of halogens is 1. The first kappa shape index (κ1) is 22.1. The van der Waals surface area contributed by atoms with Gasteiger partial charge >= 0.3 is 5.97 Å². The molecule has 1 heterocycles. The minimum atomic E-state index is -0.309. The Morgan fingerprint density at radius 2 is 2.00 bits per heavy atom. The smallest absolute Gasteiger partial charge is 0.325 e. The number of hydrogen-bond donors (Lipinski definition) is 1. The van der Waals surface area contributed by atoms with Crippen molar-refractivity contribution < 1.29 is 18.7 Å².